The van der Waals surface area contributed by atoms with E-state index in [1.165, 1.54) is 0 Å². The van der Waals surface area contributed by atoms with E-state index in [0.717, 1.165) is 12.8 Å². The lowest BCUT2D eigenvalue weighted by atomic mass is 9.67. The van der Waals surface area contributed by atoms with E-state index >= 15 is 0 Å². The fourth-order valence-electron chi connectivity index (χ4n) is 2.80. The summed E-state index contributed by atoms with van der Waals surface area (Å²) >= 11 is 0. The summed E-state index contributed by atoms with van der Waals surface area (Å²) < 4.78 is 10.2. The summed E-state index contributed by atoms with van der Waals surface area (Å²) in [6.45, 7) is 4.71. The van der Waals surface area contributed by atoms with Crippen LogP contribution in [-0.2, 0) is 19.1 Å². The van der Waals surface area contributed by atoms with E-state index in [4.69, 9.17) is 9.47 Å². The van der Waals surface area contributed by atoms with Crippen LogP contribution in [0.4, 0.5) is 0 Å². The molecule has 2 rings (SSSR count). The first-order valence-corrected chi connectivity index (χ1v) is 6.51. The van der Waals surface area contributed by atoms with Gasteiger partial charge in [0.05, 0.1) is 18.4 Å². The van der Waals surface area contributed by atoms with Gasteiger partial charge < -0.3 is 14.6 Å². The van der Waals surface area contributed by atoms with Crippen LogP contribution in [0.5, 0.6) is 0 Å². The number of aliphatic carboxylic acids is 1. The molecular weight excluding hydrogens is 236 g/mol. The van der Waals surface area contributed by atoms with E-state index in [1.54, 1.807) is 0 Å². The van der Waals surface area contributed by atoms with Crippen LogP contribution in [0.1, 0.15) is 26.7 Å². The van der Waals surface area contributed by atoms with Crippen molar-refractivity contribution in [3.05, 3.63) is 0 Å². The highest BCUT2D eigenvalue weighted by atomic mass is 16.6. The van der Waals surface area contributed by atoms with Gasteiger partial charge in [0.2, 0.25) is 0 Å². The van der Waals surface area contributed by atoms with E-state index < -0.39 is 17.8 Å². The van der Waals surface area contributed by atoms with Gasteiger partial charge in [-0.2, -0.15) is 0 Å². The first kappa shape index (κ1) is 13.3. The average molecular weight is 256 g/mol. The van der Waals surface area contributed by atoms with E-state index in [-0.39, 0.29) is 30.5 Å². The lowest BCUT2D eigenvalue weighted by molar-refractivity contribution is -0.165. The Morgan fingerprint density at radius 2 is 1.78 bits per heavy atom. The highest BCUT2D eigenvalue weighted by Gasteiger charge is 2.45. The fraction of sp³-hybridized carbons (Fsp3) is 0.846. The number of carboxylic acid groups (broad SMARTS) is 1. The summed E-state index contributed by atoms with van der Waals surface area (Å²) in [6.07, 6.45) is 1.76. The number of esters is 1. The summed E-state index contributed by atoms with van der Waals surface area (Å²) in [5.41, 5.74) is 0. The molecule has 1 aliphatic heterocycles. The predicted octanol–water partition coefficient (Wildman–Crippen LogP) is 1.31. The van der Waals surface area contributed by atoms with Gasteiger partial charge in [-0.1, -0.05) is 13.8 Å². The minimum Gasteiger partial charge on any atom is -0.481 e. The quantitative estimate of drug-likeness (QED) is 0.606. The average Bonchev–Trinajstić information content (AvgIpc) is 3.12. The van der Waals surface area contributed by atoms with Gasteiger partial charge in [0.25, 0.3) is 0 Å². The summed E-state index contributed by atoms with van der Waals surface area (Å²) in [4.78, 5) is 23.4. The van der Waals surface area contributed by atoms with Crippen LogP contribution in [0, 0.1) is 23.7 Å². The third-order valence-electron chi connectivity index (χ3n) is 4.06. The number of rotatable bonds is 4. The highest BCUT2D eigenvalue weighted by molar-refractivity contribution is 5.81. The molecule has 102 valence electrons. The fourth-order valence-corrected chi connectivity index (χ4v) is 2.80. The largest absolute Gasteiger partial charge is 0.481 e. The van der Waals surface area contributed by atoms with E-state index in [2.05, 4.69) is 0 Å². The van der Waals surface area contributed by atoms with Crippen LogP contribution in [-0.4, -0.2) is 36.4 Å². The van der Waals surface area contributed by atoms with Crippen molar-refractivity contribution in [3.63, 3.8) is 0 Å². The Morgan fingerprint density at radius 1 is 1.22 bits per heavy atom. The minimum absolute atomic E-state index is 0.0217. The van der Waals surface area contributed by atoms with Gasteiger partial charge in [0, 0.05) is 0 Å². The Hall–Kier alpha value is -1.10. The van der Waals surface area contributed by atoms with Gasteiger partial charge >= 0.3 is 11.9 Å². The number of ether oxygens (including phenoxy) is 2. The molecule has 0 spiro atoms. The molecule has 5 unspecified atom stereocenters. The van der Waals surface area contributed by atoms with Crippen LogP contribution in [0.25, 0.3) is 0 Å². The third-order valence-corrected chi connectivity index (χ3v) is 4.06. The van der Waals surface area contributed by atoms with E-state index in [1.807, 2.05) is 13.8 Å². The van der Waals surface area contributed by atoms with Crippen molar-refractivity contribution in [3.8, 4) is 0 Å². The Balaban J connectivity index is 2.03. The lowest BCUT2D eigenvalue weighted by Crippen LogP contribution is -2.43. The molecule has 1 N–H and O–H groups in total. The molecule has 2 fully saturated rings. The normalized spacial score (nSPS) is 39.1. The topological polar surface area (TPSA) is 76.1 Å². The Kier molecular flexibility index (Phi) is 3.90. The van der Waals surface area contributed by atoms with Gasteiger partial charge in [-0.15, -0.1) is 0 Å². The molecular formula is C13H20O5. The van der Waals surface area contributed by atoms with Gasteiger partial charge in [-0.25, -0.2) is 0 Å². The maximum atomic E-state index is 12.1. The van der Waals surface area contributed by atoms with Crippen molar-refractivity contribution in [2.45, 2.75) is 32.8 Å². The van der Waals surface area contributed by atoms with Crippen molar-refractivity contribution in [2.24, 2.45) is 23.7 Å². The van der Waals surface area contributed by atoms with Crippen LogP contribution in [0.2, 0.25) is 0 Å². The summed E-state index contributed by atoms with van der Waals surface area (Å²) in [6, 6.07) is 0. The molecule has 5 atom stereocenters. The summed E-state index contributed by atoms with van der Waals surface area (Å²) in [5.74, 6) is -2.33. The molecule has 0 radical (unpaired) electrons. The molecule has 1 saturated heterocycles. The second kappa shape index (κ2) is 5.26. The molecule has 0 aromatic rings. The van der Waals surface area contributed by atoms with Gasteiger partial charge in [0.15, 0.2) is 0 Å². The zero-order chi connectivity index (χ0) is 13.3. The maximum absolute atomic E-state index is 12.1. The van der Waals surface area contributed by atoms with E-state index in [0.29, 0.717) is 6.61 Å². The third kappa shape index (κ3) is 2.83. The number of epoxide rings is 1. The molecule has 0 amide bonds. The first-order valence-electron chi connectivity index (χ1n) is 6.51. The SMILES string of the molecule is CC1CCC(C)C(C(=O)OCC2CO2)C1C(=O)O. The molecule has 1 saturated carbocycles. The zero-order valence-electron chi connectivity index (χ0n) is 10.8. The molecule has 5 nitrogen and oxygen atoms in total. The molecule has 1 heterocycles. The zero-order valence-corrected chi connectivity index (χ0v) is 10.8. The Labute approximate surface area is 106 Å². The minimum atomic E-state index is -0.890. The molecule has 1 aliphatic carbocycles. The Morgan fingerprint density at radius 3 is 2.28 bits per heavy atom. The Bertz CT molecular complexity index is 336. The number of carbonyl (C=O) groups excluding carboxylic acids is 1. The summed E-state index contributed by atoms with van der Waals surface area (Å²) in [5, 5.41) is 9.30. The maximum Gasteiger partial charge on any atom is 0.310 e. The standard InChI is InChI=1S/C13H20O5/c1-7-3-4-8(2)11(10(7)12(14)15)13(16)18-6-9-5-17-9/h7-11H,3-6H2,1-2H3,(H,14,15). The van der Waals surface area contributed by atoms with Gasteiger partial charge in [0.1, 0.15) is 12.7 Å². The van der Waals surface area contributed by atoms with Gasteiger partial charge in [-0.05, 0) is 24.7 Å². The summed E-state index contributed by atoms with van der Waals surface area (Å²) in [7, 11) is 0. The van der Waals surface area contributed by atoms with Crippen LogP contribution < -0.4 is 0 Å². The number of hydrogen-bond donors (Lipinski definition) is 1. The lowest BCUT2D eigenvalue weighted by Gasteiger charge is -2.36. The van der Waals surface area contributed by atoms with Crippen LogP contribution >= 0.6 is 0 Å². The molecule has 5 heteroatoms. The number of hydrogen-bond acceptors (Lipinski definition) is 4. The smallest absolute Gasteiger partial charge is 0.310 e. The predicted molar refractivity (Wildman–Crippen MR) is 62.9 cm³/mol. The second-order valence-corrected chi connectivity index (χ2v) is 5.51. The van der Waals surface area contributed by atoms with Crippen molar-refractivity contribution in [1.82, 2.24) is 0 Å². The second-order valence-electron chi connectivity index (χ2n) is 5.51. The van der Waals surface area contributed by atoms with Crippen molar-refractivity contribution in [2.75, 3.05) is 13.2 Å². The molecule has 2 aliphatic rings. The molecule has 0 aromatic heterocycles. The monoisotopic (exact) mass is 256 g/mol. The number of carboxylic acids is 1. The molecule has 0 bridgehead atoms. The highest BCUT2D eigenvalue weighted by Crippen LogP contribution is 2.39. The molecule has 18 heavy (non-hydrogen) atoms. The first-order chi connectivity index (χ1) is 8.50. The van der Waals surface area contributed by atoms with Crippen LogP contribution in [0.3, 0.4) is 0 Å². The van der Waals surface area contributed by atoms with Crippen molar-refractivity contribution >= 4 is 11.9 Å². The van der Waals surface area contributed by atoms with Crippen molar-refractivity contribution in [1.29, 1.82) is 0 Å². The van der Waals surface area contributed by atoms with Crippen molar-refractivity contribution < 1.29 is 24.2 Å². The molecule has 0 aromatic carbocycles. The van der Waals surface area contributed by atoms with Crippen LogP contribution in [0.15, 0.2) is 0 Å². The van der Waals surface area contributed by atoms with Gasteiger partial charge in [-0.3, -0.25) is 9.59 Å². The number of carbonyl (C=O) groups is 2. The van der Waals surface area contributed by atoms with E-state index in [9.17, 15) is 14.7 Å².